The van der Waals surface area contributed by atoms with Crippen molar-refractivity contribution in [2.45, 2.75) is 51.8 Å². The molecule has 0 radical (unpaired) electrons. The number of halogens is 1. The Morgan fingerprint density at radius 2 is 2.10 bits per heavy atom. The van der Waals surface area contributed by atoms with Crippen LogP contribution in [0.4, 0.5) is 0 Å². The fourth-order valence-corrected chi connectivity index (χ4v) is 2.85. The third kappa shape index (κ3) is 6.25. The molecular formula is C17H29ClN2O. The summed E-state index contributed by atoms with van der Waals surface area (Å²) in [5, 5.41) is 3.48. The summed E-state index contributed by atoms with van der Waals surface area (Å²) in [7, 11) is 2.24. The number of hydrogen-bond acceptors (Lipinski definition) is 3. The van der Waals surface area contributed by atoms with Gasteiger partial charge in [-0.2, -0.15) is 0 Å². The van der Waals surface area contributed by atoms with Crippen molar-refractivity contribution >= 4 is 12.4 Å². The van der Waals surface area contributed by atoms with Crippen LogP contribution in [0.25, 0.3) is 0 Å². The van der Waals surface area contributed by atoms with Crippen LogP contribution in [0.2, 0.25) is 0 Å². The minimum atomic E-state index is 0. The number of ether oxygens (including phenoxy) is 1. The van der Waals surface area contributed by atoms with Crippen LogP contribution < -0.4 is 10.1 Å². The van der Waals surface area contributed by atoms with Crippen molar-refractivity contribution in [2.24, 2.45) is 0 Å². The molecule has 1 N–H and O–H groups in total. The van der Waals surface area contributed by atoms with Crippen LogP contribution in [0.1, 0.15) is 38.7 Å². The Bertz CT molecular complexity index is 404. The molecule has 120 valence electrons. The van der Waals surface area contributed by atoms with Crippen molar-refractivity contribution < 1.29 is 4.74 Å². The third-order valence-electron chi connectivity index (χ3n) is 3.87. The smallest absolute Gasteiger partial charge is 0.120 e. The summed E-state index contributed by atoms with van der Waals surface area (Å²) in [4.78, 5) is 2.49. The van der Waals surface area contributed by atoms with E-state index < -0.39 is 0 Å². The van der Waals surface area contributed by atoms with Crippen molar-refractivity contribution in [3.63, 3.8) is 0 Å². The maximum absolute atomic E-state index is 5.77. The molecule has 4 heteroatoms. The molecule has 1 heterocycles. The van der Waals surface area contributed by atoms with Crippen LogP contribution in [-0.4, -0.2) is 37.2 Å². The molecule has 0 bridgehead atoms. The molecule has 3 nitrogen and oxygen atoms in total. The monoisotopic (exact) mass is 312 g/mol. The van der Waals surface area contributed by atoms with Gasteiger partial charge in [-0.3, -0.25) is 4.90 Å². The normalized spacial score (nSPS) is 19.2. The van der Waals surface area contributed by atoms with Gasteiger partial charge in [0.05, 0.1) is 6.10 Å². The first-order chi connectivity index (χ1) is 9.65. The summed E-state index contributed by atoms with van der Waals surface area (Å²) in [5.74, 6) is 0.980. The molecule has 1 aromatic carbocycles. The molecule has 0 amide bonds. The molecule has 0 spiro atoms. The average Bonchev–Trinajstić information content (AvgIpc) is 2.67. The van der Waals surface area contributed by atoms with Gasteiger partial charge in [0, 0.05) is 12.6 Å². The first kappa shape index (κ1) is 18.3. The number of nitrogens with zero attached hydrogens (tertiary/aromatic N) is 1. The van der Waals surface area contributed by atoms with Gasteiger partial charge in [0.1, 0.15) is 5.75 Å². The van der Waals surface area contributed by atoms with E-state index in [1.165, 1.54) is 31.4 Å². The number of rotatable bonds is 5. The highest BCUT2D eigenvalue weighted by Gasteiger charge is 2.16. The lowest BCUT2D eigenvalue weighted by atomic mass is 10.1. The minimum absolute atomic E-state index is 0. The zero-order chi connectivity index (χ0) is 14.4. The fraction of sp³-hybridized carbons (Fsp3) is 0.647. The Labute approximate surface area is 135 Å². The first-order valence-corrected chi connectivity index (χ1v) is 7.81. The molecular weight excluding hydrogens is 284 g/mol. The Morgan fingerprint density at radius 1 is 1.29 bits per heavy atom. The summed E-state index contributed by atoms with van der Waals surface area (Å²) in [6, 6.07) is 9.19. The largest absolute Gasteiger partial charge is 0.491 e. The van der Waals surface area contributed by atoms with Gasteiger partial charge in [0.15, 0.2) is 0 Å². The highest BCUT2D eigenvalue weighted by molar-refractivity contribution is 5.85. The topological polar surface area (TPSA) is 24.5 Å². The van der Waals surface area contributed by atoms with E-state index in [-0.39, 0.29) is 18.5 Å². The minimum Gasteiger partial charge on any atom is -0.491 e. The van der Waals surface area contributed by atoms with Crippen molar-refractivity contribution in [1.29, 1.82) is 0 Å². The molecule has 0 aromatic heterocycles. The molecule has 1 aromatic rings. The first-order valence-electron chi connectivity index (χ1n) is 7.81. The van der Waals surface area contributed by atoms with Crippen LogP contribution >= 0.6 is 12.4 Å². The zero-order valence-corrected chi connectivity index (χ0v) is 14.3. The van der Waals surface area contributed by atoms with Gasteiger partial charge < -0.3 is 10.1 Å². The molecule has 1 fully saturated rings. The van der Waals surface area contributed by atoms with Crippen LogP contribution in [0, 0.1) is 0 Å². The summed E-state index contributed by atoms with van der Waals surface area (Å²) in [5.41, 5.74) is 1.34. The second-order valence-electron chi connectivity index (χ2n) is 6.06. The second-order valence-corrected chi connectivity index (χ2v) is 6.06. The van der Waals surface area contributed by atoms with Gasteiger partial charge in [-0.1, -0.05) is 12.1 Å². The fourth-order valence-electron chi connectivity index (χ4n) is 2.85. The molecule has 1 aliphatic rings. The molecule has 21 heavy (non-hydrogen) atoms. The van der Waals surface area contributed by atoms with Crippen molar-refractivity contribution in [1.82, 2.24) is 10.2 Å². The van der Waals surface area contributed by atoms with E-state index in [0.717, 1.165) is 18.8 Å². The van der Waals surface area contributed by atoms with Gasteiger partial charge >= 0.3 is 0 Å². The molecule has 0 saturated carbocycles. The van der Waals surface area contributed by atoms with Crippen molar-refractivity contribution in [3.8, 4) is 5.75 Å². The quantitative estimate of drug-likeness (QED) is 0.901. The Morgan fingerprint density at radius 3 is 2.86 bits per heavy atom. The highest BCUT2D eigenvalue weighted by Crippen LogP contribution is 2.19. The van der Waals surface area contributed by atoms with Crippen LogP contribution in [0.3, 0.4) is 0 Å². The van der Waals surface area contributed by atoms with E-state index in [4.69, 9.17) is 4.74 Å². The zero-order valence-electron chi connectivity index (χ0n) is 13.5. The summed E-state index contributed by atoms with van der Waals surface area (Å²) < 4.78 is 5.77. The Hall–Kier alpha value is -0.770. The van der Waals surface area contributed by atoms with Gasteiger partial charge in [0.25, 0.3) is 0 Å². The molecule has 0 aliphatic carbocycles. The number of benzene rings is 1. The lowest BCUT2D eigenvalue weighted by Crippen LogP contribution is -2.32. The van der Waals surface area contributed by atoms with Crippen LogP contribution in [-0.2, 0) is 6.54 Å². The second kappa shape index (κ2) is 9.29. The maximum Gasteiger partial charge on any atom is 0.120 e. The van der Waals surface area contributed by atoms with Gasteiger partial charge in [0.2, 0.25) is 0 Å². The van der Waals surface area contributed by atoms with Gasteiger partial charge in [-0.05, 0) is 70.9 Å². The predicted octanol–water partition coefficient (Wildman–Crippen LogP) is 3.47. The molecule has 2 rings (SSSR count). The summed E-state index contributed by atoms with van der Waals surface area (Å²) >= 11 is 0. The van der Waals surface area contributed by atoms with E-state index >= 15 is 0 Å². The lowest BCUT2D eigenvalue weighted by Gasteiger charge is -2.27. The SMILES string of the molecule is CC(C)Oc1cccc(CN(C)C2CCCNCC2)c1.Cl. The van der Waals surface area contributed by atoms with Crippen molar-refractivity contribution in [3.05, 3.63) is 29.8 Å². The van der Waals surface area contributed by atoms with Crippen molar-refractivity contribution in [2.75, 3.05) is 20.1 Å². The standard InChI is InChI=1S/C17H28N2O.ClH/c1-14(2)20-17-8-4-6-15(12-17)13-19(3)16-7-5-10-18-11-9-16;/h4,6,8,12,14,16,18H,5,7,9-11,13H2,1-3H3;1H. The third-order valence-corrected chi connectivity index (χ3v) is 3.87. The van der Waals surface area contributed by atoms with E-state index in [9.17, 15) is 0 Å². The van der Waals surface area contributed by atoms with Crippen LogP contribution in [0.5, 0.6) is 5.75 Å². The molecule has 1 unspecified atom stereocenters. The lowest BCUT2D eigenvalue weighted by molar-refractivity contribution is 0.215. The Kier molecular flexibility index (Phi) is 8.09. The average molecular weight is 313 g/mol. The summed E-state index contributed by atoms with van der Waals surface area (Å²) in [6.07, 6.45) is 4.06. The van der Waals surface area contributed by atoms with Gasteiger partial charge in [-0.25, -0.2) is 0 Å². The Balaban J connectivity index is 0.00000220. The maximum atomic E-state index is 5.77. The summed E-state index contributed by atoms with van der Waals surface area (Å²) in [6.45, 7) is 7.45. The van der Waals surface area contributed by atoms with E-state index in [1.807, 2.05) is 6.07 Å². The number of hydrogen-bond donors (Lipinski definition) is 1. The van der Waals surface area contributed by atoms with E-state index in [0.29, 0.717) is 6.04 Å². The highest BCUT2D eigenvalue weighted by atomic mass is 35.5. The van der Waals surface area contributed by atoms with Gasteiger partial charge in [-0.15, -0.1) is 12.4 Å². The predicted molar refractivity (Wildman–Crippen MR) is 91.4 cm³/mol. The van der Waals surface area contributed by atoms with E-state index in [1.54, 1.807) is 0 Å². The van der Waals surface area contributed by atoms with E-state index in [2.05, 4.69) is 49.3 Å². The number of nitrogens with one attached hydrogen (secondary N) is 1. The molecule has 1 saturated heterocycles. The van der Waals surface area contributed by atoms with Crippen LogP contribution in [0.15, 0.2) is 24.3 Å². The molecule has 1 aliphatic heterocycles. The molecule has 1 atom stereocenters.